The number of nitrogens with one attached hydrogen (secondary N) is 1. The molecule has 4 heteroatoms. The molecule has 1 fully saturated rings. The highest BCUT2D eigenvalue weighted by Gasteiger charge is 2.21. The van der Waals surface area contributed by atoms with E-state index >= 15 is 0 Å². The zero-order valence-electron chi connectivity index (χ0n) is 11.9. The van der Waals surface area contributed by atoms with Crippen molar-refractivity contribution < 1.29 is 0 Å². The Labute approximate surface area is 128 Å². The summed E-state index contributed by atoms with van der Waals surface area (Å²) < 4.78 is 1.09. The van der Waals surface area contributed by atoms with E-state index in [-0.39, 0.29) is 0 Å². The third-order valence-corrected chi connectivity index (χ3v) is 4.45. The molecule has 106 valence electrons. The number of aromatic nitrogens is 1. The monoisotopic (exact) mass is 333 g/mol. The minimum Gasteiger partial charge on any atom is -0.366 e. The molecular formula is C16H20BrN3. The van der Waals surface area contributed by atoms with Gasteiger partial charge in [-0.2, -0.15) is 0 Å². The summed E-state index contributed by atoms with van der Waals surface area (Å²) in [7, 11) is 2.19. The van der Waals surface area contributed by atoms with Crippen molar-refractivity contribution in [2.45, 2.75) is 13.0 Å². The first kappa shape index (κ1) is 13.7. The Morgan fingerprint density at radius 2 is 1.95 bits per heavy atom. The second kappa shape index (κ2) is 5.62. The van der Waals surface area contributed by atoms with E-state index in [0.29, 0.717) is 6.04 Å². The van der Waals surface area contributed by atoms with Crippen molar-refractivity contribution >= 4 is 21.6 Å². The molecule has 1 atom stereocenters. The normalized spacial score (nSPS) is 20.4. The second-order valence-corrected chi connectivity index (χ2v) is 6.50. The van der Waals surface area contributed by atoms with Gasteiger partial charge in [-0.25, -0.2) is 0 Å². The van der Waals surface area contributed by atoms with Crippen molar-refractivity contribution in [2.24, 2.45) is 0 Å². The van der Waals surface area contributed by atoms with E-state index in [1.54, 1.807) is 0 Å². The Hall–Kier alpha value is -1.26. The fourth-order valence-corrected chi connectivity index (χ4v) is 3.23. The molecule has 3 nitrogen and oxygen atoms in total. The van der Waals surface area contributed by atoms with E-state index in [1.807, 2.05) is 6.20 Å². The molecule has 1 saturated heterocycles. The number of benzene rings is 1. The van der Waals surface area contributed by atoms with E-state index in [4.69, 9.17) is 0 Å². The minimum absolute atomic E-state index is 0.569. The lowest BCUT2D eigenvalue weighted by molar-refractivity contribution is 0.275. The summed E-state index contributed by atoms with van der Waals surface area (Å²) in [5, 5.41) is 0. The van der Waals surface area contributed by atoms with Crippen molar-refractivity contribution in [1.82, 2.24) is 9.88 Å². The van der Waals surface area contributed by atoms with Gasteiger partial charge in [0.25, 0.3) is 0 Å². The van der Waals surface area contributed by atoms with Gasteiger partial charge in [0.15, 0.2) is 0 Å². The van der Waals surface area contributed by atoms with Crippen LogP contribution in [-0.2, 0) is 0 Å². The number of aromatic amines is 1. The maximum absolute atomic E-state index is 3.48. The summed E-state index contributed by atoms with van der Waals surface area (Å²) in [5.41, 5.74) is 3.69. The van der Waals surface area contributed by atoms with Gasteiger partial charge < -0.3 is 14.8 Å². The molecule has 0 radical (unpaired) electrons. The SMILES string of the molecule is C[C@H]1CN(C)CCN1c1ccc(-c2cc(Br)c[nH]2)cc1. The number of nitrogens with zero attached hydrogens (tertiary/aromatic N) is 2. The van der Waals surface area contributed by atoms with Crippen LogP contribution >= 0.6 is 15.9 Å². The summed E-state index contributed by atoms with van der Waals surface area (Å²) in [6.45, 7) is 5.66. The largest absolute Gasteiger partial charge is 0.366 e. The minimum atomic E-state index is 0.569. The van der Waals surface area contributed by atoms with Crippen molar-refractivity contribution in [1.29, 1.82) is 0 Å². The predicted molar refractivity (Wildman–Crippen MR) is 88.2 cm³/mol. The first-order valence-electron chi connectivity index (χ1n) is 7.03. The maximum Gasteiger partial charge on any atom is 0.0465 e. The molecule has 2 heterocycles. The lowest BCUT2D eigenvalue weighted by atomic mass is 10.1. The molecule has 2 aromatic rings. The van der Waals surface area contributed by atoms with Crippen LogP contribution in [0.25, 0.3) is 11.3 Å². The average Bonchev–Trinajstić information content (AvgIpc) is 2.86. The maximum atomic E-state index is 3.48. The number of piperazine rings is 1. The zero-order chi connectivity index (χ0) is 14.1. The van der Waals surface area contributed by atoms with E-state index in [2.05, 4.69) is 75.0 Å². The molecule has 0 bridgehead atoms. The Bertz CT molecular complexity index is 576. The van der Waals surface area contributed by atoms with E-state index < -0.39 is 0 Å². The van der Waals surface area contributed by atoms with Crippen LogP contribution < -0.4 is 4.90 Å². The number of hydrogen-bond donors (Lipinski definition) is 1. The predicted octanol–water partition coefficient (Wildman–Crippen LogP) is 3.58. The molecule has 0 spiro atoms. The van der Waals surface area contributed by atoms with Crippen molar-refractivity contribution in [3.8, 4) is 11.3 Å². The highest BCUT2D eigenvalue weighted by Crippen LogP contribution is 2.26. The molecule has 1 aromatic carbocycles. The molecule has 1 N–H and O–H groups in total. The Kier molecular flexibility index (Phi) is 3.85. The number of halogens is 1. The van der Waals surface area contributed by atoms with Crippen LogP contribution in [0.5, 0.6) is 0 Å². The fourth-order valence-electron chi connectivity index (χ4n) is 2.89. The molecule has 0 aliphatic carbocycles. The number of hydrogen-bond acceptors (Lipinski definition) is 2. The molecule has 3 rings (SSSR count). The lowest BCUT2D eigenvalue weighted by Crippen LogP contribution is -2.50. The van der Waals surface area contributed by atoms with Gasteiger partial charge in [0.1, 0.15) is 0 Å². The van der Waals surface area contributed by atoms with Gasteiger partial charge in [0, 0.05) is 47.7 Å². The van der Waals surface area contributed by atoms with Gasteiger partial charge in [0.05, 0.1) is 0 Å². The Balaban J connectivity index is 1.79. The highest BCUT2D eigenvalue weighted by molar-refractivity contribution is 9.10. The van der Waals surface area contributed by atoms with Gasteiger partial charge in [-0.15, -0.1) is 0 Å². The topological polar surface area (TPSA) is 22.3 Å². The quantitative estimate of drug-likeness (QED) is 0.907. The molecular weight excluding hydrogens is 314 g/mol. The van der Waals surface area contributed by atoms with Crippen LogP contribution in [0.3, 0.4) is 0 Å². The van der Waals surface area contributed by atoms with Crippen molar-refractivity contribution in [3.63, 3.8) is 0 Å². The number of likely N-dealkylation sites (N-methyl/N-ethyl adjacent to an activating group) is 1. The Morgan fingerprint density at radius 1 is 1.20 bits per heavy atom. The number of H-pyrrole nitrogens is 1. The van der Waals surface area contributed by atoms with Crippen LogP contribution in [0.2, 0.25) is 0 Å². The summed E-state index contributed by atoms with van der Waals surface area (Å²) in [6, 6.07) is 11.5. The van der Waals surface area contributed by atoms with Crippen LogP contribution in [0, 0.1) is 0 Å². The average molecular weight is 334 g/mol. The second-order valence-electron chi connectivity index (χ2n) is 5.58. The van der Waals surface area contributed by atoms with Gasteiger partial charge in [-0.1, -0.05) is 12.1 Å². The van der Waals surface area contributed by atoms with Crippen LogP contribution in [-0.4, -0.2) is 42.6 Å². The third kappa shape index (κ3) is 2.76. The standard InChI is InChI=1S/C16H20BrN3/c1-12-11-19(2)7-8-20(12)15-5-3-13(4-6-15)16-9-14(17)10-18-16/h3-6,9-10,12,18H,7-8,11H2,1-2H3/t12-/m0/s1. The number of anilines is 1. The first-order valence-corrected chi connectivity index (χ1v) is 7.82. The van der Waals surface area contributed by atoms with Crippen LogP contribution in [0.15, 0.2) is 41.0 Å². The molecule has 0 unspecified atom stereocenters. The van der Waals surface area contributed by atoms with E-state index in [9.17, 15) is 0 Å². The fraction of sp³-hybridized carbons (Fsp3) is 0.375. The van der Waals surface area contributed by atoms with Gasteiger partial charge >= 0.3 is 0 Å². The zero-order valence-corrected chi connectivity index (χ0v) is 13.5. The molecule has 1 aromatic heterocycles. The first-order chi connectivity index (χ1) is 9.63. The molecule has 20 heavy (non-hydrogen) atoms. The van der Waals surface area contributed by atoms with E-state index in [0.717, 1.165) is 29.8 Å². The van der Waals surface area contributed by atoms with Crippen LogP contribution in [0.1, 0.15) is 6.92 Å². The molecule has 1 aliphatic heterocycles. The molecule has 0 saturated carbocycles. The summed E-state index contributed by atoms with van der Waals surface area (Å²) in [4.78, 5) is 8.16. The lowest BCUT2D eigenvalue weighted by Gasteiger charge is -2.39. The van der Waals surface area contributed by atoms with Gasteiger partial charge in [-0.05, 0) is 53.7 Å². The van der Waals surface area contributed by atoms with Gasteiger partial charge in [0.2, 0.25) is 0 Å². The number of rotatable bonds is 2. The molecule has 0 amide bonds. The summed E-state index contributed by atoms with van der Waals surface area (Å²) in [6.07, 6.45) is 1.96. The smallest absolute Gasteiger partial charge is 0.0465 e. The highest BCUT2D eigenvalue weighted by atomic mass is 79.9. The molecule has 1 aliphatic rings. The van der Waals surface area contributed by atoms with Crippen molar-refractivity contribution in [2.75, 3.05) is 31.6 Å². The van der Waals surface area contributed by atoms with Gasteiger partial charge in [-0.3, -0.25) is 0 Å². The Morgan fingerprint density at radius 3 is 2.55 bits per heavy atom. The van der Waals surface area contributed by atoms with Crippen LogP contribution in [0.4, 0.5) is 5.69 Å². The third-order valence-electron chi connectivity index (χ3n) is 3.99. The summed E-state index contributed by atoms with van der Waals surface area (Å²) >= 11 is 3.48. The van der Waals surface area contributed by atoms with Crippen molar-refractivity contribution in [3.05, 3.63) is 41.0 Å². The van der Waals surface area contributed by atoms with E-state index in [1.165, 1.54) is 11.3 Å². The summed E-state index contributed by atoms with van der Waals surface area (Å²) in [5.74, 6) is 0.